The van der Waals surface area contributed by atoms with Crippen molar-refractivity contribution in [2.75, 3.05) is 42.3 Å². The van der Waals surface area contributed by atoms with Gasteiger partial charge >= 0.3 is 0 Å². The molecular weight excluding hydrogens is 358 g/mol. The number of likely N-dealkylation sites (N-methyl/N-ethyl adjacent to an activating group) is 1. The summed E-state index contributed by atoms with van der Waals surface area (Å²) in [7, 11) is -1.54. The van der Waals surface area contributed by atoms with E-state index in [0.29, 0.717) is 30.1 Å². The van der Waals surface area contributed by atoms with Crippen LogP contribution in [0.25, 0.3) is 0 Å². The zero-order chi connectivity index (χ0) is 19.3. The van der Waals surface area contributed by atoms with Gasteiger partial charge in [-0.15, -0.1) is 0 Å². The summed E-state index contributed by atoms with van der Waals surface area (Å²) in [6, 6.07) is 4.81. The lowest BCUT2D eigenvalue weighted by molar-refractivity contribution is -0.130. The number of hydrogen-bond acceptors (Lipinski definition) is 6. The van der Waals surface area contributed by atoms with Crippen LogP contribution < -0.4 is 15.4 Å². The highest BCUT2D eigenvalue weighted by Crippen LogP contribution is 2.28. The van der Waals surface area contributed by atoms with Crippen LogP contribution in [0.15, 0.2) is 18.2 Å². The van der Waals surface area contributed by atoms with Crippen LogP contribution in [-0.4, -0.2) is 62.9 Å². The van der Waals surface area contributed by atoms with Crippen LogP contribution in [0.1, 0.15) is 20.3 Å². The first-order valence-corrected chi connectivity index (χ1v) is 10.3. The highest BCUT2D eigenvalue weighted by Gasteiger charge is 2.33. The molecule has 2 amide bonds. The number of methoxy groups -OCH3 is 1. The van der Waals surface area contributed by atoms with E-state index in [0.717, 1.165) is 0 Å². The largest absolute Gasteiger partial charge is 0.495 e. The number of anilines is 2. The molecule has 1 saturated heterocycles. The van der Waals surface area contributed by atoms with Crippen LogP contribution in [0.5, 0.6) is 5.75 Å². The number of nitrogens with one attached hydrogen (secondary N) is 2. The predicted molar refractivity (Wildman–Crippen MR) is 100 cm³/mol. The molecule has 2 rings (SSSR count). The van der Waals surface area contributed by atoms with Crippen LogP contribution in [0.2, 0.25) is 0 Å². The van der Waals surface area contributed by atoms with Gasteiger partial charge in [0.05, 0.1) is 30.8 Å². The topological polar surface area (TPSA) is 105 Å². The van der Waals surface area contributed by atoms with Crippen molar-refractivity contribution in [1.82, 2.24) is 4.90 Å². The van der Waals surface area contributed by atoms with E-state index in [2.05, 4.69) is 10.6 Å². The summed E-state index contributed by atoms with van der Waals surface area (Å²) in [5.74, 6) is 0.312. The van der Waals surface area contributed by atoms with E-state index in [1.54, 1.807) is 23.1 Å². The van der Waals surface area contributed by atoms with Gasteiger partial charge in [-0.3, -0.25) is 9.59 Å². The standard InChI is InChI=1S/C17H25N3O5S/c1-4-20(14-7-8-26(23,24)11-14)17(22)10-18-15-9-13(19-12(2)21)5-6-16(15)25-3/h5-6,9,14,18H,4,7-8,10-11H2,1-3H3,(H,19,21)/t14-/m0/s1. The van der Waals surface area contributed by atoms with Gasteiger partial charge in [0.15, 0.2) is 9.84 Å². The Kier molecular flexibility index (Phi) is 6.47. The van der Waals surface area contributed by atoms with Crippen molar-refractivity contribution in [2.45, 2.75) is 26.3 Å². The molecule has 0 radical (unpaired) electrons. The first kappa shape index (κ1) is 20.0. The maximum Gasteiger partial charge on any atom is 0.242 e. The third kappa shape index (κ3) is 5.10. The summed E-state index contributed by atoms with van der Waals surface area (Å²) in [5, 5.41) is 5.69. The Morgan fingerprint density at radius 1 is 1.35 bits per heavy atom. The fourth-order valence-electron chi connectivity index (χ4n) is 3.06. The van der Waals surface area contributed by atoms with E-state index in [-0.39, 0.29) is 35.9 Å². The van der Waals surface area contributed by atoms with E-state index < -0.39 is 9.84 Å². The second kappa shape index (κ2) is 8.39. The number of hydrogen-bond donors (Lipinski definition) is 2. The van der Waals surface area contributed by atoms with Gasteiger partial charge in [-0.2, -0.15) is 0 Å². The molecule has 1 aromatic rings. The molecule has 1 fully saturated rings. The predicted octanol–water partition coefficient (Wildman–Crippen LogP) is 1.10. The average Bonchev–Trinajstić information content (AvgIpc) is 2.93. The van der Waals surface area contributed by atoms with Gasteiger partial charge in [-0.1, -0.05) is 0 Å². The molecule has 1 aromatic carbocycles. The fourth-order valence-corrected chi connectivity index (χ4v) is 4.79. The number of carbonyl (C=O) groups excluding carboxylic acids is 2. The van der Waals surface area contributed by atoms with E-state index in [4.69, 9.17) is 4.74 Å². The number of sulfone groups is 1. The van der Waals surface area contributed by atoms with E-state index in [1.807, 2.05) is 6.92 Å². The molecule has 9 heteroatoms. The minimum absolute atomic E-state index is 0.00424. The van der Waals surface area contributed by atoms with Gasteiger partial charge in [-0.05, 0) is 31.5 Å². The molecule has 1 heterocycles. The normalized spacial score (nSPS) is 18.2. The molecule has 26 heavy (non-hydrogen) atoms. The van der Waals surface area contributed by atoms with Gasteiger partial charge in [0, 0.05) is 25.2 Å². The van der Waals surface area contributed by atoms with Crippen molar-refractivity contribution in [3.05, 3.63) is 18.2 Å². The zero-order valence-corrected chi connectivity index (χ0v) is 16.1. The number of ether oxygens (including phenoxy) is 1. The summed E-state index contributed by atoms with van der Waals surface area (Å²) in [4.78, 5) is 25.4. The highest BCUT2D eigenvalue weighted by atomic mass is 32.2. The van der Waals surface area contributed by atoms with Gasteiger partial charge in [0.25, 0.3) is 0 Å². The maximum atomic E-state index is 12.6. The molecule has 2 N–H and O–H groups in total. The SMILES string of the molecule is CCN(C(=O)CNc1cc(NC(C)=O)ccc1OC)[C@H]1CCS(=O)(=O)C1. The minimum Gasteiger partial charge on any atom is -0.495 e. The zero-order valence-electron chi connectivity index (χ0n) is 15.2. The van der Waals surface area contributed by atoms with E-state index in [1.165, 1.54) is 14.0 Å². The molecule has 0 bridgehead atoms. The van der Waals surface area contributed by atoms with Crippen LogP contribution >= 0.6 is 0 Å². The molecule has 144 valence electrons. The molecule has 0 unspecified atom stereocenters. The first-order valence-electron chi connectivity index (χ1n) is 8.45. The van der Waals surface area contributed by atoms with Crippen LogP contribution in [-0.2, 0) is 19.4 Å². The van der Waals surface area contributed by atoms with Crippen LogP contribution in [0.3, 0.4) is 0 Å². The molecule has 1 aliphatic heterocycles. The maximum absolute atomic E-state index is 12.6. The van der Waals surface area contributed by atoms with E-state index in [9.17, 15) is 18.0 Å². The molecule has 0 aromatic heterocycles. The third-order valence-corrected chi connectivity index (χ3v) is 6.01. The molecule has 1 aliphatic rings. The van der Waals surface area contributed by atoms with Crippen molar-refractivity contribution >= 4 is 33.0 Å². The third-order valence-electron chi connectivity index (χ3n) is 4.26. The molecule has 1 atom stereocenters. The van der Waals surface area contributed by atoms with Crippen LogP contribution in [0.4, 0.5) is 11.4 Å². The second-order valence-corrected chi connectivity index (χ2v) is 8.42. The Morgan fingerprint density at radius 2 is 2.08 bits per heavy atom. The number of amides is 2. The Bertz CT molecular complexity index is 779. The number of rotatable bonds is 7. The van der Waals surface area contributed by atoms with E-state index >= 15 is 0 Å². The summed E-state index contributed by atoms with van der Waals surface area (Å²) < 4.78 is 28.6. The molecule has 0 spiro atoms. The molecular formula is C17H25N3O5S. The summed E-state index contributed by atoms with van der Waals surface area (Å²) in [5.41, 5.74) is 1.16. The van der Waals surface area contributed by atoms with Gasteiger partial charge < -0.3 is 20.3 Å². The average molecular weight is 383 g/mol. The quantitative estimate of drug-likeness (QED) is 0.731. The number of benzene rings is 1. The van der Waals surface area contributed by atoms with Gasteiger partial charge in [0.2, 0.25) is 11.8 Å². The highest BCUT2D eigenvalue weighted by molar-refractivity contribution is 7.91. The summed E-state index contributed by atoms with van der Waals surface area (Å²) >= 11 is 0. The lowest BCUT2D eigenvalue weighted by Gasteiger charge is -2.27. The Hall–Kier alpha value is -2.29. The molecule has 0 aliphatic carbocycles. The van der Waals surface area contributed by atoms with Crippen molar-refractivity contribution < 1.29 is 22.7 Å². The number of carbonyl (C=O) groups is 2. The summed E-state index contributed by atoms with van der Waals surface area (Å²) in [6.45, 7) is 3.70. The second-order valence-electron chi connectivity index (χ2n) is 6.19. The fraction of sp³-hybridized carbons (Fsp3) is 0.529. The van der Waals surface area contributed by atoms with Gasteiger partial charge in [0.1, 0.15) is 5.75 Å². The minimum atomic E-state index is -3.05. The summed E-state index contributed by atoms with van der Waals surface area (Å²) in [6.07, 6.45) is 0.475. The first-order chi connectivity index (χ1) is 12.3. The van der Waals surface area contributed by atoms with Crippen LogP contribution in [0, 0.1) is 0 Å². The lowest BCUT2D eigenvalue weighted by atomic mass is 10.2. The van der Waals surface area contributed by atoms with Crippen molar-refractivity contribution in [2.24, 2.45) is 0 Å². The molecule has 8 nitrogen and oxygen atoms in total. The molecule has 0 saturated carbocycles. The van der Waals surface area contributed by atoms with Crippen molar-refractivity contribution in [3.8, 4) is 5.75 Å². The van der Waals surface area contributed by atoms with Crippen molar-refractivity contribution in [3.63, 3.8) is 0 Å². The smallest absolute Gasteiger partial charge is 0.242 e. The monoisotopic (exact) mass is 383 g/mol. The number of nitrogens with zero attached hydrogens (tertiary/aromatic N) is 1. The Labute approximate surface area is 153 Å². The Morgan fingerprint density at radius 3 is 2.62 bits per heavy atom. The Balaban J connectivity index is 2.06. The lowest BCUT2D eigenvalue weighted by Crippen LogP contribution is -2.43. The van der Waals surface area contributed by atoms with Gasteiger partial charge in [-0.25, -0.2) is 8.42 Å². The van der Waals surface area contributed by atoms with Crippen molar-refractivity contribution in [1.29, 1.82) is 0 Å².